The van der Waals surface area contributed by atoms with Crippen molar-refractivity contribution in [3.63, 3.8) is 0 Å². The second kappa shape index (κ2) is 7.41. The molecule has 2 aromatic rings. The molecule has 146 valence electrons. The summed E-state index contributed by atoms with van der Waals surface area (Å²) >= 11 is 0. The molecular weight excluding hydrogens is 352 g/mol. The number of carbonyl (C=O) groups excluding carboxylic acids is 1. The molecule has 5 rings (SSSR count). The maximum atomic E-state index is 12.6. The molecule has 0 spiro atoms. The van der Waals surface area contributed by atoms with Gasteiger partial charge in [-0.15, -0.1) is 0 Å². The molecular formula is C22H26N4O2. The van der Waals surface area contributed by atoms with Gasteiger partial charge in [0.1, 0.15) is 12.4 Å². The molecule has 6 heteroatoms. The third-order valence-electron chi connectivity index (χ3n) is 6.23. The predicted molar refractivity (Wildman–Crippen MR) is 108 cm³/mol. The summed E-state index contributed by atoms with van der Waals surface area (Å²) in [5, 5.41) is 0.974. The van der Waals surface area contributed by atoms with Gasteiger partial charge < -0.3 is 14.5 Å². The molecule has 0 radical (unpaired) electrons. The van der Waals surface area contributed by atoms with E-state index in [0.29, 0.717) is 17.9 Å². The molecule has 1 aromatic carbocycles. The summed E-state index contributed by atoms with van der Waals surface area (Å²) in [6.45, 7) is 3.27. The van der Waals surface area contributed by atoms with E-state index >= 15 is 0 Å². The first-order valence-corrected chi connectivity index (χ1v) is 10.4. The van der Waals surface area contributed by atoms with E-state index in [1.807, 2.05) is 11.0 Å². The minimum Gasteiger partial charge on any atom is -0.474 e. The van der Waals surface area contributed by atoms with E-state index in [9.17, 15) is 4.79 Å². The fourth-order valence-electron chi connectivity index (χ4n) is 4.22. The van der Waals surface area contributed by atoms with Crippen LogP contribution in [0.4, 0.5) is 5.69 Å². The van der Waals surface area contributed by atoms with Crippen LogP contribution in [0.5, 0.6) is 5.88 Å². The first-order valence-electron chi connectivity index (χ1n) is 10.4. The smallest absolute Gasteiger partial charge is 0.226 e. The highest BCUT2D eigenvalue weighted by Crippen LogP contribution is 2.31. The topological polar surface area (TPSA) is 58.6 Å². The number of anilines is 1. The number of amides is 1. The molecule has 0 atom stereocenters. The Labute approximate surface area is 165 Å². The summed E-state index contributed by atoms with van der Waals surface area (Å²) in [5.74, 6) is 1.17. The van der Waals surface area contributed by atoms with Gasteiger partial charge in [-0.2, -0.15) is 0 Å². The number of benzene rings is 1. The molecule has 1 saturated heterocycles. The van der Waals surface area contributed by atoms with Crippen LogP contribution in [0.15, 0.2) is 36.7 Å². The molecule has 2 fully saturated rings. The van der Waals surface area contributed by atoms with Crippen LogP contribution in [-0.4, -0.2) is 53.1 Å². The lowest BCUT2D eigenvalue weighted by molar-refractivity contribution is -0.135. The molecule has 0 unspecified atom stereocenters. The van der Waals surface area contributed by atoms with Gasteiger partial charge in [-0.3, -0.25) is 4.79 Å². The van der Waals surface area contributed by atoms with E-state index in [0.717, 1.165) is 68.5 Å². The van der Waals surface area contributed by atoms with Crippen molar-refractivity contribution in [3.8, 4) is 5.88 Å². The molecule has 1 aromatic heterocycles. The monoisotopic (exact) mass is 378 g/mol. The standard InChI is InChI=1S/C22H26N4O2/c27-22(16-4-1-2-5-16)26-12-10-25(11-13-26)17-8-9-20-19(14-17)21(24-15-23-20)28-18-6-3-7-18/h1-2,8-9,14-16,18H,3-7,10-13H2. The maximum Gasteiger partial charge on any atom is 0.226 e. The van der Waals surface area contributed by atoms with E-state index in [-0.39, 0.29) is 5.92 Å². The lowest BCUT2D eigenvalue weighted by atomic mass is 9.96. The second-order valence-electron chi connectivity index (χ2n) is 8.00. The Hall–Kier alpha value is -2.63. The summed E-state index contributed by atoms with van der Waals surface area (Å²) in [6, 6.07) is 6.30. The number of allylic oxidation sites excluding steroid dienone is 2. The Balaban J connectivity index is 1.29. The fourth-order valence-corrected chi connectivity index (χ4v) is 4.22. The Kier molecular flexibility index (Phi) is 4.63. The van der Waals surface area contributed by atoms with Gasteiger partial charge in [0.25, 0.3) is 0 Å². The number of carbonyl (C=O) groups is 1. The highest BCUT2D eigenvalue weighted by Gasteiger charge is 2.28. The highest BCUT2D eigenvalue weighted by molar-refractivity contribution is 5.87. The van der Waals surface area contributed by atoms with Gasteiger partial charge in [-0.05, 0) is 50.3 Å². The van der Waals surface area contributed by atoms with Gasteiger partial charge in [-0.1, -0.05) is 12.2 Å². The molecule has 0 N–H and O–H groups in total. The van der Waals surface area contributed by atoms with Crippen molar-refractivity contribution < 1.29 is 9.53 Å². The van der Waals surface area contributed by atoms with E-state index in [4.69, 9.17) is 4.74 Å². The van der Waals surface area contributed by atoms with Crippen LogP contribution >= 0.6 is 0 Å². The van der Waals surface area contributed by atoms with Gasteiger partial charge in [0.15, 0.2) is 0 Å². The number of piperazine rings is 1. The van der Waals surface area contributed by atoms with Crippen molar-refractivity contribution >= 4 is 22.5 Å². The number of fused-ring (bicyclic) bond motifs is 1. The zero-order valence-corrected chi connectivity index (χ0v) is 16.1. The third kappa shape index (κ3) is 3.32. The molecule has 3 aliphatic rings. The molecule has 28 heavy (non-hydrogen) atoms. The maximum absolute atomic E-state index is 12.6. The van der Waals surface area contributed by atoms with Gasteiger partial charge >= 0.3 is 0 Å². The first-order chi connectivity index (χ1) is 13.8. The average molecular weight is 378 g/mol. The average Bonchev–Trinajstić information content (AvgIpc) is 3.25. The minimum absolute atomic E-state index is 0.163. The number of rotatable bonds is 4. The van der Waals surface area contributed by atoms with Crippen LogP contribution in [0.2, 0.25) is 0 Å². The quantitative estimate of drug-likeness (QED) is 0.765. The Bertz CT molecular complexity index is 893. The summed E-state index contributed by atoms with van der Waals surface area (Å²) in [5.41, 5.74) is 2.06. The van der Waals surface area contributed by atoms with Crippen LogP contribution < -0.4 is 9.64 Å². The largest absolute Gasteiger partial charge is 0.474 e. The number of nitrogens with zero attached hydrogens (tertiary/aromatic N) is 4. The van der Waals surface area contributed by atoms with Crippen molar-refractivity contribution in [2.24, 2.45) is 5.92 Å². The Morgan fingerprint density at radius 2 is 1.82 bits per heavy atom. The molecule has 6 nitrogen and oxygen atoms in total. The lowest BCUT2D eigenvalue weighted by Crippen LogP contribution is -2.50. The van der Waals surface area contributed by atoms with Crippen LogP contribution in [0, 0.1) is 5.92 Å². The second-order valence-corrected chi connectivity index (χ2v) is 8.00. The zero-order chi connectivity index (χ0) is 18.9. The van der Waals surface area contributed by atoms with Crippen LogP contribution in [0.1, 0.15) is 32.1 Å². The van der Waals surface area contributed by atoms with Crippen molar-refractivity contribution in [1.29, 1.82) is 0 Å². The normalized spacial score (nSPS) is 20.6. The first kappa shape index (κ1) is 17.5. The van der Waals surface area contributed by atoms with E-state index in [1.165, 1.54) is 6.42 Å². The van der Waals surface area contributed by atoms with Crippen molar-refractivity contribution in [2.75, 3.05) is 31.1 Å². The van der Waals surface area contributed by atoms with E-state index in [2.05, 4.69) is 39.2 Å². The van der Waals surface area contributed by atoms with Gasteiger partial charge in [0.05, 0.1) is 10.9 Å². The number of hydrogen-bond donors (Lipinski definition) is 0. The van der Waals surface area contributed by atoms with Crippen LogP contribution in [0.25, 0.3) is 10.9 Å². The zero-order valence-electron chi connectivity index (χ0n) is 16.1. The van der Waals surface area contributed by atoms with Crippen molar-refractivity contribution in [3.05, 3.63) is 36.7 Å². The van der Waals surface area contributed by atoms with Crippen molar-refractivity contribution in [2.45, 2.75) is 38.2 Å². The summed E-state index contributed by atoms with van der Waals surface area (Å²) in [4.78, 5) is 25.8. The number of aromatic nitrogens is 2. The number of hydrogen-bond acceptors (Lipinski definition) is 5. The molecule has 1 amide bonds. The molecule has 1 saturated carbocycles. The Morgan fingerprint density at radius 1 is 1.04 bits per heavy atom. The van der Waals surface area contributed by atoms with Gasteiger partial charge in [0.2, 0.25) is 11.8 Å². The number of ether oxygens (including phenoxy) is 1. The minimum atomic E-state index is 0.163. The van der Waals surface area contributed by atoms with Crippen molar-refractivity contribution in [1.82, 2.24) is 14.9 Å². The van der Waals surface area contributed by atoms with Gasteiger partial charge in [-0.25, -0.2) is 9.97 Å². The summed E-state index contributed by atoms with van der Waals surface area (Å²) < 4.78 is 6.08. The molecule has 2 aliphatic carbocycles. The lowest BCUT2D eigenvalue weighted by Gasteiger charge is -2.37. The van der Waals surface area contributed by atoms with Crippen LogP contribution in [-0.2, 0) is 4.79 Å². The highest BCUT2D eigenvalue weighted by atomic mass is 16.5. The molecule has 1 aliphatic heterocycles. The third-order valence-corrected chi connectivity index (χ3v) is 6.23. The predicted octanol–water partition coefficient (Wildman–Crippen LogP) is 3.18. The molecule has 2 heterocycles. The molecule has 0 bridgehead atoms. The van der Waals surface area contributed by atoms with E-state index in [1.54, 1.807) is 6.33 Å². The summed E-state index contributed by atoms with van der Waals surface area (Å²) in [7, 11) is 0. The fraction of sp³-hybridized carbons (Fsp3) is 0.500. The van der Waals surface area contributed by atoms with Gasteiger partial charge in [0, 0.05) is 37.8 Å². The van der Waals surface area contributed by atoms with E-state index < -0.39 is 0 Å². The SMILES string of the molecule is O=C(C1CC=CC1)N1CCN(c2ccc3ncnc(OC4CCC4)c3c2)CC1. The van der Waals surface area contributed by atoms with Crippen LogP contribution in [0.3, 0.4) is 0 Å². The summed E-state index contributed by atoms with van der Waals surface area (Å²) in [6.07, 6.45) is 11.4. The Morgan fingerprint density at radius 3 is 2.54 bits per heavy atom.